The van der Waals surface area contributed by atoms with Gasteiger partial charge in [0.15, 0.2) is 0 Å². The molecule has 3 aromatic rings. The van der Waals surface area contributed by atoms with Gasteiger partial charge >= 0.3 is 0 Å². The van der Waals surface area contributed by atoms with Crippen LogP contribution in [0.15, 0.2) is 89.9 Å². The number of halogens is 2. The molecule has 4 rings (SSSR count). The lowest BCUT2D eigenvalue weighted by atomic mass is 9.95. The molecule has 1 heterocycles. The first-order valence-corrected chi connectivity index (χ1v) is 8.39. The molecular weight excluding hydrogens is 351 g/mol. The molecule has 0 saturated carbocycles. The van der Waals surface area contributed by atoms with Crippen LogP contribution in [0, 0.1) is 0 Å². The van der Waals surface area contributed by atoms with Crippen LogP contribution in [0.5, 0.6) is 0 Å². The van der Waals surface area contributed by atoms with Crippen molar-refractivity contribution in [2.45, 2.75) is 12.1 Å². The molecule has 126 valence electrons. The fourth-order valence-electron chi connectivity index (χ4n) is 3.09. The average molecular weight is 369 g/mol. The smallest absolute Gasteiger partial charge is 0.129 e. The van der Waals surface area contributed by atoms with Gasteiger partial charge in [0.1, 0.15) is 11.9 Å². The van der Waals surface area contributed by atoms with Gasteiger partial charge in [-0.2, -0.15) is 0 Å². The number of nitrogens with zero attached hydrogens (tertiary/aromatic N) is 1. The van der Waals surface area contributed by atoms with Crippen LogP contribution in [-0.2, 0) is 0 Å². The third-order valence-corrected chi connectivity index (χ3v) is 4.55. The van der Waals surface area contributed by atoms with Gasteiger partial charge < -0.3 is 5.32 Å². The minimum atomic E-state index is 0. The molecule has 3 aromatic carbocycles. The van der Waals surface area contributed by atoms with Gasteiger partial charge in [-0.1, -0.05) is 72.3 Å². The van der Waals surface area contributed by atoms with Crippen molar-refractivity contribution in [3.05, 3.63) is 107 Å². The predicted octanol–water partition coefficient (Wildman–Crippen LogP) is 5.59. The molecule has 2 nitrogen and oxygen atoms in total. The highest BCUT2D eigenvalue weighted by atomic mass is 35.5. The Balaban J connectivity index is 0.00000182. The summed E-state index contributed by atoms with van der Waals surface area (Å²) in [5, 5.41) is 4.33. The Morgan fingerprint density at radius 2 is 1.28 bits per heavy atom. The minimum absolute atomic E-state index is 0. The summed E-state index contributed by atoms with van der Waals surface area (Å²) < 4.78 is 0. The van der Waals surface area contributed by atoms with Gasteiger partial charge in [0, 0.05) is 10.6 Å². The molecule has 0 amide bonds. The van der Waals surface area contributed by atoms with Gasteiger partial charge in [-0.15, -0.1) is 12.4 Å². The first-order chi connectivity index (χ1) is 11.8. The molecule has 0 aliphatic carbocycles. The van der Waals surface area contributed by atoms with Crippen molar-refractivity contribution in [1.82, 2.24) is 5.32 Å². The van der Waals surface area contributed by atoms with Crippen LogP contribution in [0.25, 0.3) is 0 Å². The SMILES string of the molecule is Cl.Clc1ccc(C2=NC(c3ccccc3)C(c3ccccc3)N2)cc1. The summed E-state index contributed by atoms with van der Waals surface area (Å²) >= 11 is 6.01. The zero-order valence-corrected chi connectivity index (χ0v) is 15.0. The summed E-state index contributed by atoms with van der Waals surface area (Å²) in [6, 6.07) is 28.9. The summed E-state index contributed by atoms with van der Waals surface area (Å²) in [4.78, 5) is 4.98. The van der Waals surface area contributed by atoms with Crippen LogP contribution in [0.3, 0.4) is 0 Å². The van der Waals surface area contributed by atoms with Crippen molar-refractivity contribution in [3.8, 4) is 0 Å². The first kappa shape index (κ1) is 17.5. The third-order valence-electron chi connectivity index (χ3n) is 4.29. The number of amidine groups is 1. The van der Waals surface area contributed by atoms with E-state index in [0.717, 1.165) is 16.4 Å². The average Bonchev–Trinajstić information content (AvgIpc) is 3.09. The molecule has 1 aliphatic heterocycles. The summed E-state index contributed by atoms with van der Waals surface area (Å²) in [6.07, 6.45) is 0. The van der Waals surface area contributed by atoms with Gasteiger partial charge in [-0.3, -0.25) is 4.99 Å². The summed E-state index contributed by atoms with van der Waals surface area (Å²) in [5.41, 5.74) is 3.50. The first-order valence-electron chi connectivity index (χ1n) is 8.01. The van der Waals surface area contributed by atoms with Crippen molar-refractivity contribution >= 4 is 29.8 Å². The number of hydrogen-bond acceptors (Lipinski definition) is 2. The van der Waals surface area contributed by atoms with Crippen molar-refractivity contribution in [2.75, 3.05) is 0 Å². The Labute approximate surface area is 159 Å². The number of rotatable bonds is 3. The molecule has 1 N–H and O–H groups in total. The molecule has 2 atom stereocenters. The topological polar surface area (TPSA) is 24.4 Å². The molecule has 0 radical (unpaired) electrons. The van der Waals surface area contributed by atoms with Gasteiger partial charge in [-0.25, -0.2) is 0 Å². The largest absolute Gasteiger partial charge is 0.361 e. The van der Waals surface area contributed by atoms with E-state index in [-0.39, 0.29) is 24.5 Å². The summed E-state index contributed by atoms with van der Waals surface area (Å²) in [7, 11) is 0. The van der Waals surface area contributed by atoms with Crippen LogP contribution in [-0.4, -0.2) is 5.84 Å². The maximum Gasteiger partial charge on any atom is 0.129 e. The lowest BCUT2D eigenvalue weighted by Gasteiger charge is -2.19. The number of nitrogens with one attached hydrogen (secondary N) is 1. The zero-order valence-electron chi connectivity index (χ0n) is 13.5. The Morgan fingerprint density at radius 1 is 0.720 bits per heavy atom. The van der Waals surface area contributed by atoms with E-state index in [1.807, 2.05) is 36.4 Å². The number of hydrogen-bond donors (Lipinski definition) is 1. The molecular formula is C21H18Cl2N2. The second-order valence-electron chi connectivity index (χ2n) is 5.87. The van der Waals surface area contributed by atoms with Gasteiger partial charge in [-0.05, 0) is 35.4 Å². The molecule has 0 bridgehead atoms. The fourth-order valence-corrected chi connectivity index (χ4v) is 3.21. The highest BCUT2D eigenvalue weighted by Gasteiger charge is 2.31. The standard InChI is InChI=1S/C21H17ClN2.ClH/c22-18-13-11-17(12-14-18)21-23-19(15-7-3-1-4-8-15)20(24-21)16-9-5-2-6-10-16;/h1-14,19-20H,(H,23,24);1H. The molecule has 1 aliphatic rings. The summed E-state index contributed by atoms with van der Waals surface area (Å²) in [6.45, 7) is 0. The van der Waals surface area contributed by atoms with Crippen LogP contribution < -0.4 is 5.32 Å². The summed E-state index contributed by atoms with van der Waals surface area (Å²) in [5.74, 6) is 0.911. The van der Waals surface area contributed by atoms with E-state index >= 15 is 0 Å². The predicted molar refractivity (Wildman–Crippen MR) is 107 cm³/mol. The highest BCUT2D eigenvalue weighted by Crippen LogP contribution is 2.36. The van der Waals surface area contributed by atoms with E-state index in [9.17, 15) is 0 Å². The maximum absolute atomic E-state index is 6.01. The lowest BCUT2D eigenvalue weighted by molar-refractivity contribution is 0.572. The van der Waals surface area contributed by atoms with Crippen LogP contribution in [0.4, 0.5) is 0 Å². The Kier molecular flexibility index (Phi) is 5.42. The van der Waals surface area contributed by atoms with Crippen molar-refractivity contribution < 1.29 is 0 Å². The monoisotopic (exact) mass is 368 g/mol. The van der Waals surface area contributed by atoms with Crippen LogP contribution in [0.1, 0.15) is 28.8 Å². The van der Waals surface area contributed by atoms with Crippen LogP contribution >= 0.6 is 24.0 Å². The minimum Gasteiger partial charge on any atom is -0.361 e. The number of aliphatic imine (C=N–C) groups is 1. The molecule has 4 heteroatoms. The molecule has 0 aromatic heterocycles. The quantitative estimate of drug-likeness (QED) is 0.639. The van der Waals surface area contributed by atoms with Crippen molar-refractivity contribution in [1.29, 1.82) is 0 Å². The normalized spacial score (nSPS) is 18.8. The van der Waals surface area contributed by atoms with Crippen molar-refractivity contribution in [3.63, 3.8) is 0 Å². The lowest BCUT2D eigenvalue weighted by Crippen LogP contribution is -2.25. The molecule has 25 heavy (non-hydrogen) atoms. The van der Waals surface area contributed by atoms with E-state index in [1.165, 1.54) is 11.1 Å². The second-order valence-corrected chi connectivity index (χ2v) is 6.31. The zero-order chi connectivity index (χ0) is 16.4. The Morgan fingerprint density at radius 3 is 1.88 bits per heavy atom. The van der Waals surface area contributed by atoms with E-state index in [2.05, 4.69) is 53.8 Å². The fraction of sp³-hybridized carbons (Fsp3) is 0.0952. The van der Waals surface area contributed by atoms with Crippen LogP contribution in [0.2, 0.25) is 5.02 Å². The van der Waals surface area contributed by atoms with Crippen molar-refractivity contribution in [2.24, 2.45) is 4.99 Å². The van der Waals surface area contributed by atoms with Gasteiger partial charge in [0.25, 0.3) is 0 Å². The molecule has 0 spiro atoms. The van der Waals surface area contributed by atoms with E-state index in [4.69, 9.17) is 16.6 Å². The second kappa shape index (κ2) is 7.73. The number of benzene rings is 3. The van der Waals surface area contributed by atoms with Gasteiger partial charge in [0.2, 0.25) is 0 Å². The van der Waals surface area contributed by atoms with Gasteiger partial charge in [0.05, 0.1) is 6.04 Å². The molecule has 0 saturated heterocycles. The van der Waals surface area contributed by atoms with E-state index in [1.54, 1.807) is 0 Å². The third kappa shape index (κ3) is 3.71. The van der Waals surface area contributed by atoms with E-state index in [0.29, 0.717) is 0 Å². The molecule has 0 fully saturated rings. The Bertz CT molecular complexity index is 846. The Hall–Kier alpha value is -2.29. The highest BCUT2D eigenvalue weighted by molar-refractivity contribution is 6.30. The maximum atomic E-state index is 6.01. The van der Waals surface area contributed by atoms with E-state index < -0.39 is 0 Å². The molecule has 2 unspecified atom stereocenters.